The molecule has 0 spiro atoms. The number of amides is 2. The van der Waals surface area contributed by atoms with Gasteiger partial charge in [-0.1, -0.05) is 74.5 Å². The number of benzodiazepines with no additional fused rings is 1. The van der Waals surface area contributed by atoms with Gasteiger partial charge in [0.1, 0.15) is 0 Å². The van der Waals surface area contributed by atoms with Crippen LogP contribution in [-0.2, 0) is 9.59 Å². The minimum Gasteiger partial charge on any atom is -0.392 e. The number of halogens is 1. The van der Waals surface area contributed by atoms with Crippen LogP contribution >= 0.6 is 11.6 Å². The van der Waals surface area contributed by atoms with Crippen molar-refractivity contribution in [3.8, 4) is 0 Å². The highest BCUT2D eigenvalue weighted by molar-refractivity contribution is 6.32. The molecular formula is C27H32ClN3O3. The molecule has 0 bridgehead atoms. The molecule has 180 valence electrons. The van der Waals surface area contributed by atoms with Crippen LogP contribution in [0.4, 0.5) is 5.69 Å². The van der Waals surface area contributed by atoms with Crippen LogP contribution in [0.2, 0.25) is 5.02 Å². The van der Waals surface area contributed by atoms with E-state index in [0.717, 1.165) is 36.8 Å². The molecule has 1 heterocycles. The second-order valence-corrected chi connectivity index (χ2v) is 9.75. The number of likely N-dealkylation sites (N-methyl/N-ethyl adjacent to an activating group) is 1. The van der Waals surface area contributed by atoms with E-state index in [2.05, 4.69) is 12.2 Å². The number of nitrogens with zero attached hydrogens (tertiary/aromatic N) is 2. The second kappa shape index (κ2) is 10.7. The van der Waals surface area contributed by atoms with E-state index in [4.69, 9.17) is 16.6 Å². The van der Waals surface area contributed by atoms with Gasteiger partial charge in [-0.15, -0.1) is 0 Å². The van der Waals surface area contributed by atoms with Crippen molar-refractivity contribution in [2.45, 2.75) is 57.7 Å². The van der Waals surface area contributed by atoms with E-state index in [1.54, 1.807) is 25.2 Å². The summed E-state index contributed by atoms with van der Waals surface area (Å²) in [5.41, 5.74) is 2.81. The van der Waals surface area contributed by atoms with Crippen LogP contribution < -0.4 is 10.2 Å². The molecule has 1 aliphatic heterocycles. The maximum atomic E-state index is 13.4. The minimum atomic E-state index is -1.10. The average Bonchev–Trinajstić information content (AvgIpc) is 3.67. The van der Waals surface area contributed by atoms with E-state index in [1.807, 2.05) is 30.3 Å². The lowest BCUT2D eigenvalue weighted by Gasteiger charge is -2.25. The van der Waals surface area contributed by atoms with Crippen LogP contribution in [0, 0.1) is 11.8 Å². The molecule has 2 amide bonds. The van der Waals surface area contributed by atoms with Gasteiger partial charge in [0.15, 0.2) is 0 Å². The summed E-state index contributed by atoms with van der Waals surface area (Å²) in [7, 11) is 1.68. The average molecular weight is 482 g/mol. The quantitative estimate of drug-likeness (QED) is 0.550. The zero-order chi connectivity index (χ0) is 24.2. The van der Waals surface area contributed by atoms with Crippen LogP contribution in [0.15, 0.2) is 53.5 Å². The molecule has 6 nitrogen and oxygen atoms in total. The van der Waals surface area contributed by atoms with Crippen LogP contribution in [0.5, 0.6) is 0 Å². The topological polar surface area (TPSA) is 82.0 Å². The highest BCUT2D eigenvalue weighted by atomic mass is 35.5. The van der Waals surface area contributed by atoms with E-state index in [9.17, 15) is 14.7 Å². The van der Waals surface area contributed by atoms with Crippen molar-refractivity contribution in [1.29, 1.82) is 0 Å². The number of aliphatic hydroxyl groups excluding tert-OH is 1. The number of benzene rings is 2. The minimum absolute atomic E-state index is 0.317. The molecule has 1 fully saturated rings. The maximum absolute atomic E-state index is 13.4. The Bertz CT molecular complexity index is 1070. The van der Waals surface area contributed by atoms with E-state index in [0.29, 0.717) is 35.2 Å². The Labute approximate surface area is 206 Å². The lowest BCUT2D eigenvalue weighted by atomic mass is 9.91. The summed E-state index contributed by atoms with van der Waals surface area (Å²) in [6.45, 7) is 2.06. The Morgan fingerprint density at radius 1 is 1.24 bits per heavy atom. The molecule has 2 aliphatic rings. The molecule has 4 rings (SSSR count). The highest BCUT2D eigenvalue weighted by Crippen LogP contribution is 2.37. The number of hydrogen-bond donors (Lipinski definition) is 2. The standard InChI is InChI=1S/C27H32ClN3O3/c1-3-4-10-23(32)21(15-17-11-12-17)26(33)30-25-27(34)31(2)22-14-13-19(28)16-20(22)24(29-25)18-8-6-5-7-9-18/h5-9,13-14,16-17,21,23,25,32H,3-4,10-12,15H2,1-2H3,(H,30,33)/t21-,23+,25?/m1/s1. The van der Waals surface area contributed by atoms with Gasteiger partial charge in [-0.05, 0) is 37.0 Å². The Morgan fingerprint density at radius 3 is 2.65 bits per heavy atom. The summed E-state index contributed by atoms with van der Waals surface area (Å²) in [5.74, 6) is -0.736. The van der Waals surface area contributed by atoms with Crippen molar-refractivity contribution in [3.05, 3.63) is 64.7 Å². The molecule has 3 atom stereocenters. The van der Waals surface area contributed by atoms with Gasteiger partial charge in [0, 0.05) is 23.2 Å². The van der Waals surface area contributed by atoms with Gasteiger partial charge in [0.2, 0.25) is 12.1 Å². The Kier molecular flexibility index (Phi) is 7.69. The van der Waals surface area contributed by atoms with Gasteiger partial charge in [0.25, 0.3) is 5.91 Å². The first-order valence-corrected chi connectivity index (χ1v) is 12.5. The zero-order valence-corrected chi connectivity index (χ0v) is 20.5. The molecule has 0 radical (unpaired) electrons. The van der Waals surface area contributed by atoms with E-state index in [-0.39, 0.29) is 11.8 Å². The van der Waals surface area contributed by atoms with E-state index >= 15 is 0 Å². The molecule has 2 aromatic rings. The number of aliphatic imine (C=N–C) groups is 1. The lowest BCUT2D eigenvalue weighted by molar-refractivity contribution is -0.133. The summed E-state index contributed by atoms with van der Waals surface area (Å²) < 4.78 is 0. The number of unbranched alkanes of at least 4 members (excludes halogenated alkanes) is 1. The summed E-state index contributed by atoms with van der Waals surface area (Å²) in [4.78, 5) is 33.1. The summed E-state index contributed by atoms with van der Waals surface area (Å²) in [6.07, 6.45) is 3.36. The number of fused-ring (bicyclic) bond motifs is 1. The van der Waals surface area contributed by atoms with Crippen molar-refractivity contribution in [2.24, 2.45) is 16.8 Å². The maximum Gasteiger partial charge on any atom is 0.272 e. The lowest BCUT2D eigenvalue weighted by Crippen LogP contribution is -2.49. The molecule has 0 saturated heterocycles. The fourth-order valence-corrected chi connectivity index (χ4v) is 4.65. The zero-order valence-electron chi connectivity index (χ0n) is 19.7. The summed E-state index contributed by atoms with van der Waals surface area (Å²) in [6, 6.07) is 14.9. The van der Waals surface area contributed by atoms with Crippen LogP contribution in [-0.4, -0.2) is 41.9 Å². The van der Waals surface area contributed by atoms with Gasteiger partial charge in [0.05, 0.1) is 23.4 Å². The first-order valence-electron chi connectivity index (χ1n) is 12.1. The third-order valence-corrected chi connectivity index (χ3v) is 6.90. The molecule has 1 saturated carbocycles. The van der Waals surface area contributed by atoms with Crippen molar-refractivity contribution in [2.75, 3.05) is 11.9 Å². The van der Waals surface area contributed by atoms with Crippen LogP contribution in [0.25, 0.3) is 0 Å². The molecule has 0 aromatic heterocycles. The largest absolute Gasteiger partial charge is 0.392 e. The van der Waals surface area contributed by atoms with Crippen molar-refractivity contribution in [1.82, 2.24) is 5.32 Å². The van der Waals surface area contributed by atoms with E-state index < -0.39 is 18.2 Å². The van der Waals surface area contributed by atoms with Gasteiger partial charge in [-0.25, -0.2) is 4.99 Å². The number of rotatable bonds is 9. The molecule has 7 heteroatoms. The van der Waals surface area contributed by atoms with Gasteiger partial charge in [-0.3, -0.25) is 9.59 Å². The Hall–Kier alpha value is -2.70. The Morgan fingerprint density at radius 2 is 1.97 bits per heavy atom. The number of carbonyl (C=O) groups is 2. The molecule has 2 N–H and O–H groups in total. The number of anilines is 1. The number of hydrogen-bond acceptors (Lipinski definition) is 4. The SMILES string of the molecule is CCCC[C@H](O)[C@@H](CC1CC1)C(=O)NC1N=C(c2ccccc2)c2cc(Cl)ccc2N(C)C1=O. The predicted molar refractivity (Wildman–Crippen MR) is 135 cm³/mol. The molecule has 34 heavy (non-hydrogen) atoms. The number of aliphatic hydroxyl groups is 1. The highest BCUT2D eigenvalue weighted by Gasteiger charge is 2.37. The van der Waals surface area contributed by atoms with Gasteiger partial charge >= 0.3 is 0 Å². The predicted octanol–water partition coefficient (Wildman–Crippen LogP) is 4.56. The van der Waals surface area contributed by atoms with Crippen molar-refractivity contribution >= 4 is 34.8 Å². The Balaban J connectivity index is 1.68. The van der Waals surface area contributed by atoms with E-state index in [1.165, 1.54) is 4.90 Å². The molecule has 1 unspecified atom stereocenters. The number of nitrogens with one attached hydrogen (secondary N) is 1. The number of carbonyl (C=O) groups excluding carboxylic acids is 2. The second-order valence-electron chi connectivity index (χ2n) is 9.31. The van der Waals surface area contributed by atoms with Crippen molar-refractivity contribution < 1.29 is 14.7 Å². The summed E-state index contributed by atoms with van der Waals surface area (Å²) >= 11 is 6.30. The monoisotopic (exact) mass is 481 g/mol. The van der Waals surface area contributed by atoms with Gasteiger partial charge < -0.3 is 15.3 Å². The van der Waals surface area contributed by atoms with Crippen LogP contribution in [0.1, 0.15) is 56.6 Å². The summed E-state index contributed by atoms with van der Waals surface area (Å²) in [5, 5.41) is 14.2. The molecule has 1 aliphatic carbocycles. The normalized spacial score (nSPS) is 19.6. The molecular weight excluding hydrogens is 450 g/mol. The first kappa shape index (κ1) is 24.4. The molecule has 2 aromatic carbocycles. The third kappa shape index (κ3) is 5.50. The van der Waals surface area contributed by atoms with Gasteiger partial charge in [-0.2, -0.15) is 0 Å². The first-order chi connectivity index (χ1) is 16.4. The van der Waals surface area contributed by atoms with Crippen LogP contribution in [0.3, 0.4) is 0 Å². The third-order valence-electron chi connectivity index (χ3n) is 6.66. The fraction of sp³-hybridized carbons (Fsp3) is 0.444. The van der Waals surface area contributed by atoms with Crippen molar-refractivity contribution in [3.63, 3.8) is 0 Å². The fourth-order valence-electron chi connectivity index (χ4n) is 4.47. The smallest absolute Gasteiger partial charge is 0.272 e.